The number of aliphatic hydroxyl groups is 1. The molecule has 1 aliphatic rings. The standard InChI is InChI=1S/C14H21NOS/c1-10-9-13(17-8-4-7-16)14(15)12-6-3-2-5-11(10)12/h2-3,5-6,10,13-14,16H,4,7-9,15H2,1H3. The van der Waals surface area contributed by atoms with Crippen molar-refractivity contribution in [2.45, 2.75) is 37.0 Å². The van der Waals surface area contributed by atoms with Gasteiger partial charge in [-0.1, -0.05) is 31.2 Å². The molecule has 3 N–H and O–H groups in total. The predicted molar refractivity (Wildman–Crippen MR) is 74.4 cm³/mol. The molecule has 1 aliphatic carbocycles. The Morgan fingerprint density at radius 1 is 1.35 bits per heavy atom. The summed E-state index contributed by atoms with van der Waals surface area (Å²) >= 11 is 1.91. The Balaban J connectivity index is 2.09. The van der Waals surface area contributed by atoms with Crippen molar-refractivity contribution in [3.8, 4) is 0 Å². The smallest absolute Gasteiger partial charge is 0.0438 e. The lowest BCUT2D eigenvalue weighted by Gasteiger charge is -2.34. The molecule has 1 aromatic carbocycles. The second kappa shape index (κ2) is 5.89. The fourth-order valence-corrected chi connectivity index (χ4v) is 3.93. The Hall–Kier alpha value is -0.510. The van der Waals surface area contributed by atoms with E-state index in [4.69, 9.17) is 10.8 Å². The largest absolute Gasteiger partial charge is 0.396 e. The molecule has 0 amide bonds. The summed E-state index contributed by atoms with van der Waals surface area (Å²) in [6.07, 6.45) is 2.01. The van der Waals surface area contributed by atoms with Gasteiger partial charge in [0.05, 0.1) is 0 Å². The third-order valence-electron chi connectivity index (χ3n) is 3.51. The Kier molecular flexibility index (Phi) is 4.48. The highest BCUT2D eigenvalue weighted by atomic mass is 32.2. The van der Waals surface area contributed by atoms with Crippen LogP contribution in [-0.2, 0) is 0 Å². The summed E-state index contributed by atoms with van der Waals surface area (Å²) in [6.45, 7) is 2.56. The highest BCUT2D eigenvalue weighted by Gasteiger charge is 2.30. The van der Waals surface area contributed by atoms with E-state index < -0.39 is 0 Å². The van der Waals surface area contributed by atoms with Crippen molar-refractivity contribution in [3.05, 3.63) is 35.4 Å². The minimum absolute atomic E-state index is 0.145. The Bertz CT molecular complexity index is 369. The van der Waals surface area contributed by atoms with Crippen LogP contribution in [-0.4, -0.2) is 22.7 Å². The van der Waals surface area contributed by atoms with E-state index >= 15 is 0 Å². The molecule has 2 nitrogen and oxygen atoms in total. The van der Waals surface area contributed by atoms with E-state index in [0.29, 0.717) is 11.2 Å². The highest BCUT2D eigenvalue weighted by Crippen LogP contribution is 2.41. The summed E-state index contributed by atoms with van der Waals surface area (Å²) in [6, 6.07) is 8.68. The summed E-state index contributed by atoms with van der Waals surface area (Å²) < 4.78 is 0. The van der Waals surface area contributed by atoms with Gasteiger partial charge in [0.1, 0.15) is 0 Å². The van der Waals surface area contributed by atoms with Crippen molar-refractivity contribution in [1.82, 2.24) is 0 Å². The van der Waals surface area contributed by atoms with Crippen LogP contribution in [0.4, 0.5) is 0 Å². The van der Waals surface area contributed by atoms with E-state index in [1.807, 2.05) is 11.8 Å². The molecule has 0 radical (unpaired) electrons. The first-order valence-electron chi connectivity index (χ1n) is 6.31. The van der Waals surface area contributed by atoms with Gasteiger partial charge in [-0.25, -0.2) is 0 Å². The third kappa shape index (κ3) is 2.84. The van der Waals surface area contributed by atoms with Crippen LogP contribution in [0, 0.1) is 0 Å². The number of hydrogen-bond acceptors (Lipinski definition) is 3. The van der Waals surface area contributed by atoms with Gasteiger partial charge in [0, 0.05) is 17.9 Å². The van der Waals surface area contributed by atoms with Crippen LogP contribution in [0.3, 0.4) is 0 Å². The van der Waals surface area contributed by atoms with E-state index in [1.165, 1.54) is 11.1 Å². The van der Waals surface area contributed by atoms with E-state index in [2.05, 4.69) is 31.2 Å². The van der Waals surface area contributed by atoms with E-state index in [9.17, 15) is 0 Å². The average Bonchev–Trinajstić information content (AvgIpc) is 2.36. The molecule has 3 atom stereocenters. The van der Waals surface area contributed by atoms with Gasteiger partial charge in [0.15, 0.2) is 0 Å². The van der Waals surface area contributed by atoms with Crippen molar-refractivity contribution in [1.29, 1.82) is 0 Å². The van der Waals surface area contributed by atoms with Crippen LogP contribution < -0.4 is 5.73 Å². The molecule has 3 unspecified atom stereocenters. The molecule has 0 aromatic heterocycles. The number of fused-ring (bicyclic) bond motifs is 1. The van der Waals surface area contributed by atoms with Gasteiger partial charge in [-0.3, -0.25) is 0 Å². The van der Waals surface area contributed by atoms with Crippen LogP contribution in [0.2, 0.25) is 0 Å². The van der Waals surface area contributed by atoms with Crippen LogP contribution >= 0.6 is 11.8 Å². The van der Waals surface area contributed by atoms with Crippen molar-refractivity contribution in [3.63, 3.8) is 0 Å². The molecule has 0 saturated heterocycles. The number of nitrogens with two attached hydrogens (primary N) is 1. The molecule has 0 heterocycles. The summed E-state index contributed by atoms with van der Waals surface area (Å²) in [5, 5.41) is 9.32. The van der Waals surface area contributed by atoms with Gasteiger partial charge in [-0.15, -0.1) is 0 Å². The van der Waals surface area contributed by atoms with Crippen molar-refractivity contribution < 1.29 is 5.11 Å². The number of benzene rings is 1. The molecule has 1 aromatic rings. The molecule has 0 aliphatic heterocycles. The fourth-order valence-electron chi connectivity index (χ4n) is 2.56. The first-order valence-corrected chi connectivity index (χ1v) is 7.35. The monoisotopic (exact) mass is 251 g/mol. The Morgan fingerprint density at radius 2 is 2.06 bits per heavy atom. The van der Waals surface area contributed by atoms with Gasteiger partial charge in [-0.2, -0.15) is 11.8 Å². The van der Waals surface area contributed by atoms with Gasteiger partial charge in [-0.05, 0) is 35.6 Å². The summed E-state index contributed by atoms with van der Waals surface area (Å²) in [5.41, 5.74) is 9.08. The van der Waals surface area contributed by atoms with E-state index in [0.717, 1.165) is 18.6 Å². The van der Waals surface area contributed by atoms with Crippen molar-refractivity contribution >= 4 is 11.8 Å². The summed E-state index contributed by atoms with van der Waals surface area (Å²) in [4.78, 5) is 0. The van der Waals surface area contributed by atoms with E-state index in [1.54, 1.807) is 0 Å². The predicted octanol–water partition coefficient (Wildman–Crippen LogP) is 2.68. The average molecular weight is 251 g/mol. The van der Waals surface area contributed by atoms with Crippen LogP contribution in [0.15, 0.2) is 24.3 Å². The zero-order valence-electron chi connectivity index (χ0n) is 10.3. The molecule has 0 fully saturated rings. The number of rotatable bonds is 4. The van der Waals surface area contributed by atoms with Crippen molar-refractivity contribution in [2.24, 2.45) is 5.73 Å². The van der Waals surface area contributed by atoms with E-state index in [-0.39, 0.29) is 12.6 Å². The van der Waals surface area contributed by atoms with Gasteiger partial charge in [0.2, 0.25) is 0 Å². The maximum atomic E-state index is 8.83. The van der Waals surface area contributed by atoms with Gasteiger partial charge in [0.25, 0.3) is 0 Å². The molecule has 0 bridgehead atoms. The Morgan fingerprint density at radius 3 is 2.76 bits per heavy atom. The highest BCUT2D eigenvalue weighted by molar-refractivity contribution is 7.99. The molecule has 3 heteroatoms. The maximum Gasteiger partial charge on any atom is 0.0438 e. The minimum atomic E-state index is 0.145. The molecule has 0 saturated carbocycles. The molecular formula is C14H21NOS. The normalized spacial score (nSPS) is 27.8. The number of thioether (sulfide) groups is 1. The first kappa shape index (κ1) is 12.9. The zero-order chi connectivity index (χ0) is 12.3. The number of aliphatic hydroxyl groups excluding tert-OH is 1. The lowest BCUT2D eigenvalue weighted by Crippen LogP contribution is -2.31. The quantitative estimate of drug-likeness (QED) is 0.809. The lowest BCUT2D eigenvalue weighted by atomic mass is 9.81. The SMILES string of the molecule is CC1CC(SCCCO)C(N)c2ccccc21. The molecule has 0 spiro atoms. The third-order valence-corrected chi connectivity index (χ3v) is 4.95. The van der Waals surface area contributed by atoms with Crippen LogP contribution in [0.1, 0.15) is 42.9 Å². The maximum absolute atomic E-state index is 8.83. The molecule has 17 heavy (non-hydrogen) atoms. The molecule has 2 rings (SSSR count). The van der Waals surface area contributed by atoms with Crippen molar-refractivity contribution in [2.75, 3.05) is 12.4 Å². The van der Waals surface area contributed by atoms with Crippen LogP contribution in [0.25, 0.3) is 0 Å². The number of hydrogen-bond donors (Lipinski definition) is 2. The first-order chi connectivity index (χ1) is 8.24. The topological polar surface area (TPSA) is 46.2 Å². The molecule has 94 valence electrons. The second-order valence-electron chi connectivity index (χ2n) is 4.78. The second-order valence-corrected chi connectivity index (χ2v) is 6.12. The lowest BCUT2D eigenvalue weighted by molar-refractivity contribution is 0.296. The molecular weight excluding hydrogens is 230 g/mol. The van der Waals surface area contributed by atoms with Gasteiger partial charge < -0.3 is 10.8 Å². The summed E-state index contributed by atoms with van der Waals surface area (Å²) in [5.74, 6) is 1.60. The summed E-state index contributed by atoms with van der Waals surface area (Å²) in [7, 11) is 0. The zero-order valence-corrected chi connectivity index (χ0v) is 11.1. The minimum Gasteiger partial charge on any atom is -0.396 e. The van der Waals surface area contributed by atoms with Crippen LogP contribution in [0.5, 0.6) is 0 Å². The fraction of sp³-hybridized carbons (Fsp3) is 0.571. The Labute approximate surface area is 108 Å². The van der Waals surface area contributed by atoms with Gasteiger partial charge >= 0.3 is 0 Å².